The summed E-state index contributed by atoms with van der Waals surface area (Å²) in [7, 11) is 0. The average molecular weight is 462 g/mol. The minimum absolute atomic E-state index is 0.0302. The maximum Gasteiger partial charge on any atom is 0.303 e. The zero-order valence-electron chi connectivity index (χ0n) is 20.8. The normalized spacial score (nSPS) is 47.8. The lowest BCUT2D eigenvalue weighted by molar-refractivity contribution is -0.159. The maximum atomic E-state index is 13.0. The second kappa shape index (κ2) is 8.91. The van der Waals surface area contributed by atoms with E-state index in [2.05, 4.69) is 18.7 Å². The Morgan fingerprint density at radius 2 is 1.76 bits per heavy atom. The molecule has 5 aliphatic rings. The van der Waals surface area contributed by atoms with Gasteiger partial charge in [0, 0.05) is 32.0 Å². The number of Topliss-reactive ketones (excluding diaryl/α,β-unsaturated/α-hetero) is 1. The number of esters is 1. The first-order valence-corrected chi connectivity index (χ1v) is 13.4. The number of carbonyl (C=O) groups excluding carboxylic acids is 2. The Morgan fingerprint density at radius 1 is 1.03 bits per heavy atom. The van der Waals surface area contributed by atoms with E-state index in [1.165, 1.54) is 26.2 Å². The molecule has 5 fully saturated rings. The summed E-state index contributed by atoms with van der Waals surface area (Å²) in [6, 6.07) is 0.254. The molecule has 0 amide bonds. The molecule has 0 aromatic carbocycles. The van der Waals surface area contributed by atoms with E-state index < -0.39 is 0 Å². The van der Waals surface area contributed by atoms with Gasteiger partial charge in [-0.15, -0.1) is 0 Å². The van der Waals surface area contributed by atoms with Crippen molar-refractivity contribution in [2.45, 2.75) is 84.3 Å². The lowest BCUT2D eigenvalue weighted by atomic mass is 9.44. The van der Waals surface area contributed by atoms with E-state index in [9.17, 15) is 14.7 Å². The molecule has 9 atom stereocenters. The van der Waals surface area contributed by atoms with Crippen LogP contribution in [0.3, 0.4) is 0 Å². The van der Waals surface area contributed by atoms with Crippen LogP contribution in [0.2, 0.25) is 0 Å². The monoisotopic (exact) mass is 461 g/mol. The summed E-state index contributed by atoms with van der Waals surface area (Å²) in [4.78, 5) is 26.7. The van der Waals surface area contributed by atoms with Gasteiger partial charge in [-0.25, -0.2) is 0 Å². The largest absolute Gasteiger partial charge is 0.458 e. The van der Waals surface area contributed by atoms with Gasteiger partial charge in [0.25, 0.3) is 0 Å². The Morgan fingerprint density at radius 3 is 2.48 bits per heavy atom. The quantitative estimate of drug-likeness (QED) is 0.647. The number of rotatable bonds is 4. The van der Waals surface area contributed by atoms with Crippen molar-refractivity contribution in [3.05, 3.63) is 0 Å². The molecule has 5 rings (SSSR count). The van der Waals surface area contributed by atoms with E-state index in [0.717, 1.165) is 58.4 Å². The van der Waals surface area contributed by atoms with Crippen LogP contribution in [0.15, 0.2) is 0 Å². The van der Waals surface area contributed by atoms with E-state index >= 15 is 0 Å². The number of aliphatic hydroxyl groups is 1. The predicted octanol–water partition coefficient (Wildman–Crippen LogP) is 3.45. The number of nitrogens with zero attached hydrogens (tertiary/aromatic N) is 1. The Balaban J connectivity index is 1.34. The van der Waals surface area contributed by atoms with Crippen molar-refractivity contribution in [3.8, 4) is 0 Å². The van der Waals surface area contributed by atoms with E-state index in [1.54, 1.807) is 0 Å². The van der Waals surface area contributed by atoms with Crippen molar-refractivity contribution in [1.82, 2.24) is 4.90 Å². The van der Waals surface area contributed by atoms with Crippen LogP contribution in [0, 0.1) is 40.4 Å². The second-order valence-electron chi connectivity index (χ2n) is 12.3. The highest BCUT2D eigenvalue weighted by atomic mass is 16.5. The lowest BCUT2D eigenvalue weighted by Crippen LogP contribution is -2.60. The summed E-state index contributed by atoms with van der Waals surface area (Å²) < 4.78 is 10.7. The molecule has 0 spiro atoms. The van der Waals surface area contributed by atoms with Crippen LogP contribution < -0.4 is 0 Å². The second-order valence-corrected chi connectivity index (χ2v) is 12.3. The van der Waals surface area contributed by atoms with Gasteiger partial charge in [0.2, 0.25) is 0 Å². The Kier molecular flexibility index (Phi) is 6.41. The molecular formula is C27H43NO5. The van der Waals surface area contributed by atoms with Crippen LogP contribution in [-0.2, 0) is 19.1 Å². The zero-order chi connectivity index (χ0) is 23.4. The third kappa shape index (κ3) is 3.98. The molecule has 1 saturated heterocycles. The topological polar surface area (TPSA) is 76.1 Å². The van der Waals surface area contributed by atoms with Crippen LogP contribution in [0.25, 0.3) is 0 Å². The van der Waals surface area contributed by atoms with Crippen molar-refractivity contribution >= 4 is 11.8 Å². The molecule has 0 radical (unpaired) electrons. The number of aliphatic hydroxyl groups excluding tert-OH is 1. The van der Waals surface area contributed by atoms with Crippen LogP contribution in [0.5, 0.6) is 0 Å². The number of ketones is 1. The molecule has 1 aliphatic heterocycles. The maximum absolute atomic E-state index is 13.0. The van der Waals surface area contributed by atoms with Crippen LogP contribution in [-0.4, -0.2) is 66.8 Å². The van der Waals surface area contributed by atoms with Crippen LogP contribution in [0.1, 0.15) is 72.1 Å². The highest BCUT2D eigenvalue weighted by Gasteiger charge is 2.62. The Labute approximate surface area is 198 Å². The van der Waals surface area contributed by atoms with Crippen molar-refractivity contribution in [2.75, 3.05) is 32.9 Å². The molecule has 0 bridgehead atoms. The fourth-order valence-electron chi connectivity index (χ4n) is 9.36. The smallest absolute Gasteiger partial charge is 0.303 e. The molecule has 0 aromatic heterocycles. The van der Waals surface area contributed by atoms with Gasteiger partial charge in [-0.1, -0.05) is 13.8 Å². The van der Waals surface area contributed by atoms with Gasteiger partial charge < -0.3 is 14.6 Å². The molecule has 4 aliphatic carbocycles. The summed E-state index contributed by atoms with van der Waals surface area (Å²) in [5.74, 6) is 2.36. The number of carbonyl (C=O) groups is 2. The molecule has 33 heavy (non-hydrogen) atoms. The van der Waals surface area contributed by atoms with Gasteiger partial charge >= 0.3 is 5.97 Å². The molecular weight excluding hydrogens is 418 g/mol. The van der Waals surface area contributed by atoms with Gasteiger partial charge in [-0.3, -0.25) is 14.5 Å². The fourth-order valence-corrected chi connectivity index (χ4v) is 9.36. The van der Waals surface area contributed by atoms with Crippen molar-refractivity contribution < 1.29 is 24.2 Å². The SMILES string of the molecule is CC(=O)OCC(=O)[C@H]1CC[C@H]2[C@@H]3CC[C@H]4C[C@H](O)[C@@H](N5CCOCC5)C[C@]4(C)[C@H]3CC[C@]12C. The summed E-state index contributed by atoms with van der Waals surface area (Å²) in [5.41, 5.74) is 0.311. The summed E-state index contributed by atoms with van der Waals surface area (Å²) >= 11 is 0. The van der Waals surface area contributed by atoms with E-state index in [1.807, 2.05) is 0 Å². The van der Waals surface area contributed by atoms with E-state index in [4.69, 9.17) is 9.47 Å². The van der Waals surface area contributed by atoms with Gasteiger partial charge in [0.05, 0.1) is 19.3 Å². The molecule has 6 heteroatoms. The van der Waals surface area contributed by atoms with Crippen LogP contribution in [0.4, 0.5) is 0 Å². The summed E-state index contributed by atoms with van der Waals surface area (Å²) in [6.45, 7) is 9.63. The predicted molar refractivity (Wildman–Crippen MR) is 124 cm³/mol. The minimum atomic E-state index is -0.368. The first kappa shape index (κ1) is 23.7. The van der Waals surface area contributed by atoms with Crippen LogP contribution >= 0.6 is 0 Å². The fraction of sp³-hybridized carbons (Fsp3) is 0.926. The van der Waals surface area contributed by atoms with Crippen molar-refractivity contribution in [3.63, 3.8) is 0 Å². The molecule has 186 valence electrons. The van der Waals surface area contributed by atoms with E-state index in [-0.39, 0.29) is 47.3 Å². The third-order valence-corrected chi connectivity index (χ3v) is 11.0. The summed E-state index contributed by atoms with van der Waals surface area (Å²) in [6.07, 6.45) is 8.63. The first-order valence-electron chi connectivity index (χ1n) is 13.4. The first-order chi connectivity index (χ1) is 15.7. The molecule has 0 unspecified atom stereocenters. The molecule has 6 nitrogen and oxygen atoms in total. The molecule has 1 N–H and O–H groups in total. The number of ether oxygens (including phenoxy) is 2. The third-order valence-electron chi connectivity index (χ3n) is 11.0. The van der Waals surface area contributed by atoms with E-state index in [0.29, 0.717) is 23.7 Å². The van der Waals surface area contributed by atoms with Gasteiger partial charge in [-0.05, 0) is 85.9 Å². The van der Waals surface area contributed by atoms with Crippen molar-refractivity contribution in [2.24, 2.45) is 40.4 Å². The zero-order valence-corrected chi connectivity index (χ0v) is 20.8. The van der Waals surface area contributed by atoms with Gasteiger partial charge in [-0.2, -0.15) is 0 Å². The van der Waals surface area contributed by atoms with Crippen molar-refractivity contribution in [1.29, 1.82) is 0 Å². The number of hydrogen-bond donors (Lipinski definition) is 1. The lowest BCUT2D eigenvalue weighted by Gasteiger charge is -2.62. The van der Waals surface area contributed by atoms with Gasteiger partial charge in [0.15, 0.2) is 5.78 Å². The highest BCUT2D eigenvalue weighted by molar-refractivity contribution is 5.85. The minimum Gasteiger partial charge on any atom is -0.458 e. The number of fused-ring (bicyclic) bond motifs is 5. The summed E-state index contributed by atoms with van der Waals surface area (Å²) in [5, 5.41) is 11.1. The van der Waals surface area contributed by atoms with Gasteiger partial charge in [0.1, 0.15) is 6.61 Å². The Hall–Kier alpha value is -0.980. The number of morpholine rings is 1. The molecule has 4 saturated carbocycles. The average Bonchev–Trinajstić information content (AvgIpc) is 3.15. The highest BCUT2D eigenvalue weighted by Crippen LogP contribution is 2.67. The molecule has 1 heterocycles. The number of hydrogen-bond acceptors (Lipinski definition) is 6. The Bertz CT molecular complexity index is 766. The standard InChI is InChI=1S/C27H43NO5/c1-17(29)33-16-25(31)22-7-6-20-19-5-4-18-14-24(30)23(28-10-12-32-13-11-28)15-27(18,3)21(19)8-9-26(20,22)2/h18-24,30H,4-16H2,1-3H3/t18-,19-,20-,21-,22+,23-,24-,26-,27-/m0/s1. The molecule has 0 aromatic rings.